The Balaban J connectivity index is 2.25. The topological polar surface area (TPSA) is 24.9 Å². The molecule has 0 fully saturated rings. The third-order valence-corrected chi connectivity index (χ3v) is 3.01. The number of pyridine rings is 1. The molecule has 0 bridgehead atoms. The zero-order valence-electron chi connectivity index (χ0n) is 9.55. The summed E-state index contributed by atoms with van der Waals surface area (Å²) >= 11 is 11.8. The standard InChI is InChI=1S/C13H10Cl2FN2/c1-8(10-7-9(14)4-5-12(10)16)18-13-11(15)3-2-6-17-13/h3-8H,1H3,(H,17,18)/t8-/m0/s1. The van der Waals surface area contributed by atoms with Gasteiger partial charge in [0, 0.05) is 22.8 Å². The quantitative estimate of drug-likeness (QED) is 0.897. The number of anilines is 1. The summed E-state index contributed by atoms with van der Waals surface area (Å²) in [4.78, 5) is 4.04. The molecule has 1 aromatic heterocycles. The predicted molar refractivity (Wildman–Crippen MR) is 71.5 cm³/mol. The van der Waals surface area contributed by atoms with Crippen LogP contribution < -0.4 is 5.32 Å². The summed E-state index contributed by atoms with van der Waals surface area (Å²) in [5.41, 5.74) is 0.466. The summed E-state index contributed by atoms with van der Waals surface area (Å²) in [5.74, 6) is 0.167. The maximum Gasteiger partial charge on any atom is 0.145 e. The second kappa shape index (κ2) is 5.55. The van der Waals surface area contributed by atoms with Crippen LogP contribution >= 0.6 is 23.2 Å². The van der Waals surface area contributed by atoms with Gasteiger partial charge in [0.25, 0.3) is 0 Å². The Morgan fingerprint density at radius 1 is 1.39 bits per heavy atom. The Kier molecular flexibility index (Phi) is 4.04. The first-order valence-corrected chi connectivity index (χ1v) is 6.06. The van der Waals surface area contributed by atoms with E-state index in [1.54, 1.807) is 12.1 Å². The molecule has 1 atom stereocenters. The number of benzene rings is 1. The van der Waals surface area contributed by atoms with E-state index in [4.69, 9.17) is 23.2 Å². The molecule has 1 N–H and O–H groups in total. The lowest BCUT2D eigenvalue weighted by molar-refractivity contribution is 0.600. The molecule has 1 heterocycles. The van der Waals surface area contributed by atoms with Crippen molar-refractivity contribution >= 4 is 29.0 Å². The molecule has 2 rings (SSSR count). The van der Waals surface area contributed by atoms with Gasteiger partial charge in [-0.15, -0.1) is 0 Å². The van der Waals surface area contributed by atoms with Crippen molar-refractivity contribution in [3.8, 4) is 0 Å². The molecule has 0 spiro atoms. The van der Waals surface area contributed by atoms with Crippen LogP contribution in [0.1, 0.15) is 18.5 Å². The van der Waals surface area contributed by atoms with Crippen molar-refractivity contribution in [3.05, 3.63) is 58.0 Å². The number of hydrogen-bond acceptors (Lipinski definition) is 2. The SMILES string of the molecule is C[C@H](Nc1nc[c]cc1Cl)c1cc(Cl)ccc1F. The number of hydrogen-bond donors (Lipinski definition) is 1. The molecule has 18 heavy (non-hydrogen) atoms. The molecule has 0 aliphatic heterocycles. The van der Waals surface area contributed by atoms with E-state index in [1.165, 1.54) is 18.3 Å². The van der Waals surface area contributed by atoms with Gasteiger partial charge >= 0.3 is 0 Å². The first-order valence-electron chi connectivity index (χ1n) is 5.31. The minimum Gasteiger partial charge on any atom is -0.362 e. The molecule has 1 radical (unpaired) electrons. The Hall–Kier alpha value is -1.32. The summed E-state index contributed by atoms with van der Waals surface area (Å²) in [7, 11) is 0. The Labute approximate surface area is 115 Å². The predicted octanol–water partition coefficient (Wildman–Crippen LogP) is 4.50. The highest BCUT2D eigenvalue weighted by Gasteiger charge is 2.13. The number of rotatable bonds is 3. The van der Waals surface area contributed by atoms with E-state index in [2.05, 4.69) is 16.4 Å². The second-order valence-electron chi connectivity index (χ2n) is 3.80. The molecular weight excluding hydrogens is 274 g/mol. The number of nitrogens with one attached hydrogen (secondary N) is 1. The van der Waals surface area contributed by atoms with Crippen molar-refractivity contribution in [2.45, 2.75) is 13.0 Å². The highest BCUT2D eigenvalue weighted by molar-refractivity contribution is 6.32. The van der Waals surface area contributed by atoms with E-state index in [1.807, 2.05) is 6.92 Å². The third-order valence-electron chi connectivity index (χ3n) is 2.48. The molecular formula is C13H10Cl2FN2. The lowest BCUT2D eigenvalue weighted by atomic mass is 10.1. The van der Waals surface area contributed by atoms with Gasteiger partial charge in [-0.3, -0.25) is 0 Å². The number of nitrogens with zero attached hydrogens (tertiary/aromatic N) is 1. The van der Waals surface area contributed by atoms with Gasteiger partial charge in [0.1, 0.15) is 11.6 Å². The summed E-state index contributed by atoms with van der Waals surface area (Å²) in [6.07, 6.45) is 1.50. The van der Waals surface area contributed by atoms with Gasteiger partial charge in [-0.05, 0) is 31.2 Å². The number of halogens is 3. The fourth-order valence-electron chi connectivity index (χ4n) is 1.58. The van der Waals surface area contributed by atoms with Gasteiger partial charge in [0.2, 0.25) is 0 Å². The fraction of sp³-hybridized carbons (Fsp3) is 0.154. The summed E-state index contributed by atoms with van der Waals surface area (Å²) < 4.78 is 13.7. The lowest BCUT2D eigenvalue weighted by Gasteiger charge is -2.16. The molecule has 2 aromatic rings. The maximum absolute atomic E-state index is 13.7. The maximum atomic E-state index is 13.7. The summed E-state index contributed by atoms with van der Waals surface area (Å²) in [5, 5.41) is 3.96. The smallest absolute Gasteiger partial charge is 0.145 e. The molecule has 0 aliphatic rings. The highest BCUT2D eigenvalue weighted by atomic mass is 35.5. The van der Waals surface area contributed by atoms with Gasteiger partial charge < -0.3 is 5.32 Å². The molecule has 0 unspecified atom stereocenters. The highest BCUT2D eigenvalue weighted by Crippen LogP contribution is 2.26. The van der Waals surface area contributed by atoms with Crippen molar-refractivity contribution in [1.29, 1.82) is 0 Å². The molecule has 93 valence electrons. The molecule has 1 aromatic carbocycles. The van der Waals surface area contributed by atoms with E-state index in [0.717, 1.165) is 0 Å². The van der Waals surface area contributed by atoms with Crippen LogP contribution in [0.3, 0.4) is 0 Å². The van der Waals surface area contributed by atoms with Gasteiger partial charge in [-0.25, -0.2) is 9.37 Å². The minimum absolute atomic E-state index is 0.295. The Morgan fingerprint density at radius 3 is 2.89 bits per heavy atom. The second-order valence-corrected chi connectivity index (χ2v) is 4.64. The van der Waals surface area contributed by atoms with Gasteiger partial charge in [0.05, 0.1) is 11.1 Å². The Bertz CT molecular complexity index is 560. The van der Waals surface area contributed by atoms with Crippen LogP contribution in [0.5, 0.6) is 0 Å². The van der Waals surface area contributed by atoms with E-state index >= 15 is 0 Å². The van der Waals surface area contributed by atoms with Crippen LogP contribution in [-0.2, 0) is 0 Å². The van der Waals surface area contributed by atoms with Crippen molar-refractivity contribution in [2.75, 3.05) is 5.32 Å². The van der Waals surface area contributed by atoms with Crippen molar-refractivity contribution in [1.82, 2.24) is 4.98 Å². The fourth-order valence-corrected chi connectivity index (χ4v) is 1.92. The van der Waals surface area contributed by atoms with Crippen LogP contribution in [0.2, 0.25) is 10.0 Å². The lowest BCUT2D eigenvalue weighted by Crippen LogP contribution is -2.10. The van der Waals surface area contributed by atoms with E-state index < -0.39 is 0 Å². The Morgan fingerprint density at radius 2 is 2.17 bits per heavy atom. The van der Waals surface area contributed by atoms with Crippen LogP contribution in [0.15, 0.2) is 30.5 Å². The van der Waals surface area contributed by atoms with Gasteiger partial charge in [0.15, 0.2) is 0 Å². The van der Waals surface area contributed by atoms with E-state index in [-0.39, 0.29) is 11.9 Å². The van der Waals surface area contributed by atoms with Crippen LogP contribution in [0, 0.1) is 11.9 Å². The van der Waals surface area contributed by atoms with Crippen LogP contribution in [0.4, 0.5) is 10.2 Å². The zero-order chi connectivity index (χ0) is 13.1. The van der Waals surface area contributed by atoms with Crippen LogP contribution in [-0.4, -0.2) is 4.98 Å². The monoisotopic (exact) mass is 283 g/mol. The largest absolute Gasteiger partial charge is 0.362 e. The molecule has 0 aliphatic carbocycles. The number of aromatic nitrogens is 1. The minimum atomic E-state index is -0.321. The summed E-state index contributed by atoms with van der Waals surface area (Å²) in [6, 6.07) is 8.48. The first-order chi connectivity index (χ1) is 8.58. The summed E-state index contributed by atoms with van der Waals surface area (Å²) in [6.45, 7) is 1.81. The molecule has 0 saturated carbocycles. The molecule has 0 amide bonds. The average molecular weight is 284 g/mol. The molecule has 5 heteroatoms. The van der Waals surface area contributed by atoms with Gasteiger partial charge in [-0.1, -0.05) is 23.2 Å². The average Bonchev–Trinajstić information content (AvgIpc) is 2.35. The zero-order valence-corrected chi connectivity index (χ0v) is 11.1. The van der Waals surface area contributed by atoms with Crippen molar-refractivity contribution < 1.29 is 4.39 Å². The van der Waals surface area contributed by atoms with E-state index in [9.17, 15) is 4.39 Å². The van der Waals surface area contributed by atoms with Crippen molar-refractivity contribution in [2.24, 2.45) is 0 Å². The first kappa shape index (κ1) is 13.1. The molecule has 0 saturated heterocycles. The van der Waals surface area contributed by atoms with Gasteiger partial charge in [-0.2, -0.15) is 0 Å². The van der Waals surface area contributed by atoms with Crippen LogP contribution in [0.25, 0.3) is 0 Å². The van der Waals surface area contributed by atoms with E-state index in [0.29, 0.717) is 21.4 Å². The van der Waals surface area contributed by atoms with Crippen molar-refractivity contribution in [3.63, 3.8) is 0 Å². The third kappa shape index (κ3) is 2.92. The normalized spacial score (nSPS) is 12.2. The molecule has 2 nitrogen and oxygen atoms in total.